The van der Waals surface area contributed by atoms with E-state index in [2.05, 4.69) is 5.32 Å². The maximum atomic E-state index is 12.9. The number of hydrogen-bond acceptors (Lipinski definition) is 3. The second-order valence-electron chi connectivity index (χ2n) is 5.99. The van der Waals surface area contributed by atoms with Gasteiger partial charge in [-0.1, -0.05) is 30.3 Å². The fourth-order valence-electron chi connectivity index (χ4n) is 2.80. The fraction of sp³-hybridized carbons (Fsp3) is 0.190. The van der Waals surface area contributed by atoms with Crippen molar-refractivity contribution in [2.75, 3.05) is 30.9 Å². The molecule has 0 spiro atoms. The van der Waals surface area contributed by atoms with Crippen LogP contribution in [0.2, 0.25) is 0 Å². The van der Waals surface area contributed by atoms with Gasteiger partial charge in [-0.05, 0) is 48.0 Å². The van der Waals surface area contributed by atoms with E-state index in [9.17, 15) is 4.79 Å². The van der Waals surface area contributed by atoms with Crippen molar-refractivity contribution in [3.05, 3.63) is 66.2 Å². The Labute approximate surface area is 148 Å². The molecule has 0 radical (unpaired) electrons. The molecular formula is C21H22N2O2. The Morgan fingerprint density at radius 3 is 2.40 bits per heavy atom. The third kappa shape index (κ3) is 3.58. The number of anilines is 2. The van der Waals surface area contributed by atoms with Gasteiger partial charge in [0.15, 0.2) is 0 Å². The van der Waals surface area contributed by atoms with E-state index in [1.54, 1.807) is 0 Å². The van der Waals surface area contributed by atoms with Gasteiger partial charge in [-0.3, -0.25) is 4.79 Å². The zero-order valence-corrected chi connectivity index (χ0v) is 14.7. The molecule has 0 unspecified atom stereocenters. The van der Waals surface area contributed by atoms with Crippen molar-refractivity contribution in [3.8, 4) is 5.75 Å². The van der Waals surface area contributed by atoms with Crippen molar-refractivity contribution < 1.29 is 9.53 Å². The van der Waals surface area contributed by atoms with Crippen LogP contribution in [0.5, 0.6) is 5.75 Å². The van der Waals surface area contributed by atoms with E-state index in [0.717, 1.165) is 22.1 Å². The lowest BCUT2D eigenvalue weighted by molar-refractivity contribution is 0.102. The monoisotopic (exact) mass is 334 g/mol. The van der Waals surface area contributed by atoms with Crippen LogP contribution in [-0.4, -0.2) is 26.6 Å². The molecule has 4 nitrogen and oxygen atoms in total. The van der Waals surface area contributed by atoms with E-state index in [1.807, 2.05) is 86.6 Å². The minimum atomic E-state index is -0.169. The number of carbonyl (C=O) groups excluding carboxylic acids is 1. The van der Waals surface area contributed by atoms with Gasteiger partial charge < -0.3 is 15.0 Å². The van der Waals surface area contributed by atoms with Gasteiger partial charge >= 0.3 is 0 Å². The zero-order valence-electron chi connectivity index (χ0n) is 14.7. The number of nitrogens with zero attached hydrogens (tertiary/aromatic N) is 1. The third-order valence-corrected chi connectivity index (χ3v) is 4.06. The summed E-state index contributed by atoms with van der Waals surface area (Å²) in [6, 6.07) is 19.4. The van der Waals surface area contributed by atoms with Crippen LogP contribution in [0.3, 0.4) is 0 Å². The Morgan fingerprint density at radius 2 is 1.72 bits per heavy atom. The lowest BCUT2D eigenvalue weighted by Gasteiger charge is -2.15. The molecule has 0 aliphatic heterocycles. The van der Waals surface area contributed by atoms with Crippen LogP contribution in [0.15, 0.2) is 60.7 Å². The number of fused-ring (bicyclic) bond motifs is 1. The molecule has 3 aromatic rings. The van der Waals surface area contributed by atoms with E-state index < -0.39 is 0 Å². The molecule has 0 aromatic heterocycles. The van der Waals surface area contributed by atoms with Gasteiger partial charge in [-0.2, -0.15) is 0 Å². The Bertz CT molecular complexity index is 886. The molecule has 3 rings (SSSR count). The van der Waals surface area contributed by atoms with Crippen molar-refractivity contribution in [1.29, 1.82) is 0 Å². The van der Waals surface area contributed by atoms with Gasteiger partial charge in [-0.15, -0.1) is 0 Å². The molecule has 25 heavy (non-hydrogen) atoms. The highest BCUT2D eigenvalue weighted by Gasteiger charge is 2.17. The fourth-order valence-corrected chi connectivity index (χ4v) is 2.80. The quantitative estimate of drug-likeness (QED) is 0.744. The lowest BCUT2D eigenvalue weighted by Crippen LogP contribution is -2.15. The van der Waals surface area contributed by atoms with Gasteiger partial charge in [0, 0.05) is 25.5 Å². The molecule has 0 aliphatic rings. The highest BCUT2D eigenvalue weighted by atomic mass is 16.5. The largest absolute Gasteiger partial charge is 0.493 e. The molecule has 0 atom stereocenters. The van der Waals surface area contributed by atoms with Crippen molar-refractivity contribution in [1.82, 2.24) is 0 Å². The summed E-state index contributed by atoms with van der Waals surface area (Å²) in [5.41, 5.74) is 2.40. The number of carbonyl (C=O) groups is 1. The number of amides is 1. The first-order chi connectivity index (χ1) is 12.1. The second kappa shape index (κ2) is 7.26. The standard InChI is InChI=1S/C21H22N2O2/c1-4-25-19-14-9-15-7-5-6-8-18(15)20(19)21(24)22-16-10-12-17(13-11-16)23(2)3/h5-14H,4H2,1-3H3,(H,22,24). The van der Waals surface area contributed by atoms with Gasteiger partial charge in [-0.25, -0.2) is 0 Å². The normalized spacial score (nSPS) is 10.5. The predicted octanol–water partition coefficient (Wildman–Crippen LogP) is 4.56. The third-order valence-electron chi connectivity index (χ3n) is 4.06. The summed E-state index contributed by atoms with van der Waals surface area (Å²) in [6.07, 6.45) is 0. The predicted molar refractivity (Wildman–Crippen MR) is 104 cm³/mol. The average Bonchev–Trinajstić information content (AvgIpc) is 2.62. The average molecular weight is 334 g/mol. The van der Waals surface area contributed by atoms with E-state index in [-0.39, 0.29) is 5.91 Å². The first-order valence-corrected chi connectivity index (χ1v) is 8.33. The second-order valence-corrected chi connectivity index (χ2v) is 5.99. The van der Waals surface area contributed by atoms with Crippen LogP contribution in [0.25, 0.3) is 10.8 Å². The van der Waals surface area contributed by atoms with Crippen LogP contribution in [-0.2, 0) is 0 Å². The van der Waals surface area contributed by atoms with Gasteiger partial charge in [0.1, 0.15) is 5.75 Å². The van der Waals surface area contributed by atoms with Crippen molar-refractivity contribution in [3.63, 3.8) is 0 Å². The highest BCUT2D eigenvalue weighted by molar-refractivity contribution is 6.15. The molecule has 0 saturated carbocycles. The topological polar surface area (TPSA) is 41.6 Å². The minimum absolute atomic E-state index is 0.169. The number of rotatable bonds is 5. The maximum Gasteiger partial charge on any atom is 0.260 e. The summed E-state index contributed by atoms with van der Waals surface area (Å²) < 4.78 is 5.69. The Morgan fingerprint density at radius 1 is 1.00 bits per heavy atom. The molecule has 0 fully saturated rings. The van der Waals surface area contributed by atoms with E-state index in [0.29, 0.717) is 17.9 Å². The van der Waals surface area contributed by atoms with Crippen LogP contribution in [0.1, 0.15) is 17.3 Å². The number of hydrogen-bond donors (Lipinski definition) is 1. The lowest BCUT2D eigenvalue weighted by atomic mass is 10.0. The van der Waals surface area contributed by atoms with Crippen molar-refractivity contribution in [2.24, 2.45) is 0 Å². The van der Waals surface area contributed by atoms with Crippen LogP contribution < -0.4 is 15.0 Å². The van der Waals surface area contributed by atoms with Gasteiger partial charge in [0.25, 0.3) is 5.91 Å². The summed E-state index contributed by atoms with van der Waals surface area (Å²) >= 11 is 0. The molecule has 1 amide bonds. The van der Waals surface area contributed by atoms with E-state index in [4.69, 9.17) is 4.74 Å². The van der Waals surface area contributed by atoms with Crippen LogP contribution >= 0.6 is 0 Å². The molecular weight excluding hydrogens is 312 g/mol. The molecule has 0 saturated heterocycles. The first-order valence-electron chi connectivity index (χ1n) is 8.33. The maximum absolute atomic E-state index is 12.9. The van der Waals surface area contributed by atoms with Crippen LogP contribution in [0, 0.1) is 0 Å². The molecule has 0 aliphatic carbocycles. The van der Waals surface area contributed by atoms with Crippen molar-refractivity contribution in [2.45, 2.75) is 6.92 Å². The summed E-state index contributed by atoms with van der Waals surface area (Å²) in [5.74, 6) is 0.432. The summed E-state index contributed by atoms with van der Waals surface area (Å²) in [5, 5.41) is 4.88. The minimum Gasteiger partial charge on any atom is -0.493 e. The molecule has 0 bridgehead atoms. The van der Waals surface area contributed by atoms with Gasteiger partial charge in [0.2, 0.25) is 0 Å². The van der Waals surface area contributed by atoms with Crippen LogP contribution in [0.4, 0.5) is 11.4 Å². The number of benzene rings is 3. The van der Waals surface area contributed by atoms with E-state index in [1.165, 1.54) is 0 Å². The Balaban J connectivity index is 1.96. The first kappa shape index (κ1) is 16.8. The smallest absolute Gasteiger partial charge is 0.260 e. The molecule has 3 aromatic carbocycles. The molecule has 4 heteroatoms. The molecule has 128 valence electrons. The van der Waals surface area contributed by atoms with Gasteiger partial charge in [0.05, 0.1) is 12.2 Å². The number of ether oxygens (including phenoxy) is 1. The van der Waals surface area contributed by atoms with Crippen molar-refractivity contribution >= 4 is 28.1 Å². The Kier molecular flexibility index (Phi) is 4.89. The van der Waals surface area contributed by atoms with E-state index >= 15 is 0 Å². The Hall–Kier alpha value is -3.01. The summed E-state index contributed by atoms with van der Waals surface area (Å²) in [6.45, 7) is 2.42. The highest BCUT2D eigenvalue weighted by Crippen LogP contribution is 2.29. The molecule has 0 heterocycles. The summed E-state index contributed by atoms with van der Waals surface area (Å²) in [4.78, 5) is 15.0. The zero-order chi connectivity index (χ0) is 17.8. The molecule has 1 N–H and O–H groups in total. The SMILES string of the molecule is CCOc1ccc2ccccc2c1C(=O)Nc1ccc(N(C)C)cc1. The summed E-state index contributed by atoms with van der Waals surface area (Å²) in [7, 11) is 3.97. The number of nitrogens with one attached hydrogen (secondary N) is 1.